The van der Waals surface area contributed by atoms with Gasteiger partial charge in [0.1, 0.15) is 11.5 Å². The highest BCUT2D eigenvalue weighted by Gasteiger charge is 2.37. The van der Waals surface area contributed by atoms with E-state index in [2.05, 4.69) is 11.9 Å². The SMILES string of the molecule is C=CC(=O)N1CCCC(C2CCNc3c2nn(-c2ccc(Oc4ccccc4)cc2)c3C(N)=O)C1. The lowest BCUT2D eigenvalue weighted by atomic mass is 9.79. The molecule has 0 radical (unpaired) electrons. The number of nitrogens with two attached hydrogens (primary N) is 1. The smallest absolute Gasteiger partial charge is 0.269 e. The number of carbonyl (C=O) groups excluding carboxylic acids is 2. The highest BCUT2D eigenvalue weighted by atomic mass is 16.5. The van der Waals surface area contributed by atoms with E-state index in [4.69, 9.17) is 15.6 Å². The molecule has 2 aromatic carbocycles. The van der Waals surface area contributed by atoms with Crippen LogP contribution in [0.1, 0.15) is 41.4 Å². The molecule has 8 heteroatoms. The van der Waals surface area contributed by atoms with E-state index in [1.165, 1.54) is 6.08 Å². The Balaban J connectivity index is 1.45. The second kappa shape index (κ2) is 9.66. The van der Waals surface area contributed by atoms with Crippen molar-refractivity contribution in [1.29, 1.82) is 0 Å². The van der Waals surface area contributed by atoms with Crippen LogP contribution in [0.2, 0.25) is 0 Å². The highest BCUT2D eigenvalue weighted by molar-refractivity contribution is 5.98. The number of benzene rings is 2. The van der Waals surface area contributed by atoms with Crippen molar-refractivity contribution in [3.63, 3.8) is 0 Å². The lowest BCUT2D eigenvalue weighted by Gasteiger charge is -2.37. The molecule has 5 rings (SSSR count). The van der Waals surface area contributed by atoms with Crippen LogP contribution in [-0.2, 0) is 4.79 Å². The minimum absolute atomic E-state index is 0.0370. The Hall–Kier alpha value is -4.07. The summed E-state index contributed by atoms with van der Waals surface area (Å²) in [6.07, 6.45) is 4.21. The van der Waals surface area contributed by atoms with Gasteiger partial charge in [-0.25, -0.2) is 4.68 Å². The average molecular weight is 472 g/mol. The van der Waals surface area contributed by atoms with Crippen LogP contribution in [0.15, 0.2) is 67.3 Å². The lowest BCUT2D eigenvalue weighted by molar-refractivity contribution is -0.127. The molecular weight excluding hydrogens is 442 g/mol. The second-order valence-electron chi connectivity index (χ2n) is 9.01. The zero-order chi connectivity index (χ0) is 24.4. The molecule has 180 valence electrons. The number of anilines is 1. The standard InChI is InChI=1S/C27H29N5O3/c1-2-23(33)31-16-6-7-18(17-31)22-14-15-29-25-24(22)30-32(26(25)27(28)34)19-10-12-21(13-11-19)35-20-8-4-3-5-9-20/h2-5,8-13,18,22,29H,1,6-7,14-17H2,(H2,28,34). The summed E-state index contributed by atoms with van der Waals surface area (Å²) in [6, 6.07) is 17.0. The average Bonchev–Trinajstić information content (AvgIpc) is 3.29. The largest absolute Gasteiger partial charge is 0.457 e. The van der Waals surface area contributed by atoms with Gasteiger partial charge in [0.25, 0.3) is 5.91 Å². The van der Waals surface area contributed by atoms with E-state index in [-0.39, 0.29) is 17.7 Å². The van der Waals surface area contributed by atoms with E-state index in [0.29, 0.717) is 23.7 Å². The van der Waals surface area contributed by atoms with Gasteiger partial charge in [0.15, 0.2) is 5.69 Å². The molecule has 3 heterocycles. The zero-order valence-corrected chi connectivity index (χ0v) is 19.5. The summed E-state index contributed by atoms with van der Waals surface area (Å²) in [6.45, 7) is 5.76. The molecule has 2 aliphatic heterocycles. The van der Waals surface area contributed by atoms with Crippen molar-refractivity contribution in [3.8, 4) is 17.2 Å². The number of carbonyl (C=O) groups is 2. The van der Waals surface area contributed by atoms with Crippen molar-refractivity contribution < 1.29 is 14.3 Å². The molecule has 2 unspecified atom stereocenters. The van der Waals surface area contributed by atoms with E-state index in [0.717, 1.165) is 49.5 Å². The molecule has 0 bridgehead atoms. The number of para-hydroxylation sites is 1. The first-order valence-electron chi connectivity index (χ1n) is 12.0. The van der Waals surface area contributed by atoms with Gasteiger partial charge in [-0.3, -0.25) is 9.59 Å². The van der Waals surface area contributed by atoms with Gasteiger partial charge < -0.3 is 20.7 Å². The van der Waals surface area contributed by atoms with Gasteiger partial charge in [0.2, 0.25) is 5.91 Å². The molecule has 1 aromatic heterocycles. The topological polar surface area (TPSA) is 102 Å². The molecule has 0 spiro atoms. The Bertz CT molecular complexity index is 1240. The summed E-state index contributed by atoms with van der Waals surface area (Å²) in [5.41, 5.74) is 8.43. The number of nitrogens with zero attached hydrogens (tertiary/aromatic N) is 3. The fourth-order valence-electron chi connectivity index (χ4n) is 5.18. The Labute approximate surface area is 204 Å². The summed E-state index contributed by atoms with van der Waals surface area (Å²) >= 11 is 0. The Morgan fingerprint density at radius 3 is 2.54 bits per heavy atom. The first-order chi connectivity index (χ1) is 17.0. The van der Waals surface area contributed by atoms with Crippen molar-refractivity contribution >= 4 is 17.5 Å². The van der Waals surface area contributed by atoms with Gasteiger partial charge in [-0.15, -0.1) is 0 Å². The summed E-state index contributed by atoms with van der Waals surface area (Å²) in [5, 5.41) is 8.25. The predicted molar refractivity (Wildman–Crippen MR) is 134 cm³/mol. The molecule has 2 amide bonds. The van der Waals surface area contributed by atoms with Crippen molar-refractivity contribution in [2.24, 2.45) is 11.7 Å². The summed E-state index contributed by atoms with van der Waals surface area (Å²) in [5.74, 6) is 1.25. The highest BCUT2D eigenvalue weighted by Crippen LogP contribution is 2.42. The molecule has 2 aliphatic rings. The Morgan fingerprint density at radius 2 is 1.83 bits per heavy atom. The number of likely N-dealkylation sites (tertiary alicyclic amines) is 1. The van der Waals surface area contributed by atoms with Gasteiger partial charge >= 0.3 is 0 Å². The number of aromatic nitrogens is 2. The fourth-order valence-corrected chi connectivity index (χ4v) is 5.18. The van der Waals surface area contributed by atoms with Crippen molar-refractivity contribution in [2.45, 2.75) is 25.2 Å². The minimum Gasteiger partial charge on any atom is -0.457 e. The van der Waals surface area contributed by atoms with E-state index >= 15 is 0 Å². The van der Waals surface area contributed by atoms with E-state index in [1.807, 2.05) is 59.5 Å². The Kier molecular flexibility index (Phi) is 6.27. The molecule has 35 heavy (non-hydrogen) atoms. The lowest BCUT2D eigenvalue weighted by Crippen LogP contribution is -2.41. The number of rotatable bonds is 6. The summed E-state index contributed by atoms with van der Waals surface area (Å²) in [4.78, 5) is 26.6. The third kappa shape index (κ3) is 4.51. The summed E-state index contributed by atoms with van der Waals surface area (Å²) in [7, 11) is 0. The van der Waals surface area contributed by atoms with E-state index in [1.54, 1.807) is 4.68 Å². The molecule has 3 aromatic rings. The van der Waals surface area contributed by atoms with Crippen LogP contribution in [-0.4, -0.2) is 46.1 Å². The molecule has 3 N–H and O–H groups in total. The monoisotopic (exact) mass is 471 g/mol. The molecule has 0 aliphatic carbocycles. The maximum absolute atomic E-state index is 12.5. The second-order valence-corrected chi connectivity index (χ2v) is 9.01. The third-order valence-electron chi connectivity index (χ3n) is 6.83. The maximum Gasteiger partial charge on any atom is 0.269 e. The third-order valence-corrected chi connectivity index (χ3v) is 6.83. The normalized spacial score (nSPS) is 19.4. The van der Waals surface area contributed by atoms with E-state index < -0.39 is 5.91 Å². The number of hydrogen-bond acceptors (Lipinski definition) is 5. The Morgan fingerprint density at radius 1 is 1.09 bits per heavy atom. The summed E-state index contributed by atoms with van der Waals surface area (Å²) < 4.78 is 7.52. The van der Waals surface area contributed by atoms with Crippen LogP contribution in [0.5, 0.6) is 11.5 Å². The fraction of sp³-hybridized carbons (Fsp3) is 0.296. The quantitative estimate of drug-likeness (QED) is 0.527. The first kappa shape index (κ1) is 22.7. The molecule has 1 fully saturated rings. The molecule has 0 saturated carbocycles. The van der Waals surface area contributed by atoms with Gasteiger partial charge in [-0.05, 0) is 67.7 Å². The van der Waals surface area contributed by atoms with Gasteiger partial charge in [0, 0.05) is 25.6 Å². The van der Waals surface area contributed by atoms with Crippen LogP contribution in [0, 0.1) is 5.92 Å². The molecular formula is C27H29N5O3. The van der Waals surface area contributed by atoms with Gasteiger partial charge in [-0.1, -0.05) is 24.8 Å². The predicted octanol–water partition coefficient (Wildman–Crippen LogP) is 4.09. The number of amides is 2. The first-order valence-corrected chi connectivity index (χ1v) is 12.0. The number of primary amides is 1. The van der Waals surface area contributed by atoms with Crippen LogP contribution in [0.25, 0.3) is 5.69 Å². The van der Waals surface area contributed by atoms with Crippen molar-refractivity contribution in [2.75, 3.05) is 25.0 Å². The number of hydrogen-bond donors (Lipinski definition) is 2. The molecule has 8 nitrogen and oxygen atoms in total. The van der Waals surface area contributed by atoms with Crippen LogP contribution >= 0.6 is 0 Å². The number of nitrogens with one attached hydrogen (secondary N) is 1. The molecule has 1 saturated heterocycles. The number of piperidine rings is 1. The van der Waals surface area contributed by atoms with Crippen molar-refractivity contribution in [1.82, 2.24) is 14.7 Å². The van der Waals surface area contributed by atoms with Gasteiger partial charge in [-0.2, -0.15) is 5.10 Å². The van der Waals surface area contributed by atoms with Crippen LogP contribution in [0.3, 0.4) is 0 Å². The molecule has 2 atom stereocenters. The van der Waals surface area contributed by atoms with Gasteiger partial charge in [0.05, 0.1) is 17.1 Å². The maximum atomic E-state index is 12.5. The van der Waals surface area contributed by atoms with Crippen LogP contribution < -0.4 is 15.8 Å². The van der Waals surface area contributed by atoms with Crippen molar-refractivity contribution in [3.05, 3.63) is 78.6 Å². The number of fused-ring (bicyclic) bond motifs is 1. The van der Waals surface area contributed by atoms with E-state index in [9.17, 15) is 9.59 Å². The number of ether oxygens (including phenoxy) is 1. The zero-order valence-electron chi connectivity index (χ0n) is 19.5. The minimum atomic E-state index is -0.538. The van der Waals surface area contributed by atoms with Crippen LogP contribution in [0.4, 0.5) is 5.69 Å².